The smallest absolute Gasteiger partial charge is 0.305 e. The number of rotatable bonds is 4. The summed E-state index contributed by atoms with van der Waals surface area (Å²) >= 11 is 6.03. The van der Waals surface area contributed by atoms with Crippen LogP contribution in [-0.2, 0) is 4.79 Å². The minimum atomic E-state index is -0.482. The molecule has 2 N–H and O–H groups in total. The van der Waals surface area contributed by atoms with Gasteiger partial charge in [-0.2, -0.15) is 0 Å². The predicted molar refractivity (Wildman–Crippen MR) is 94.4 cm³/mol. The molecule has 2 heterocycles. The normalized spacial score (nSPS) is 15.0. The second-order valence-corrected chi connectivity index (χ2v) is 6.16. The van der Waals surface area contributed by atoms with Crippen LogP contribution < -0.4 is 15.8 Å². The molecule has 0 aliphatic carbocycles. The lowest BCUT2D eigenvalue weighted by atomic mass is 10.2. The van der Waals surface area contributed by atoms with E-state index < -0.39 is 5.91 Å². The number of amides is 2. The number of benzene rings is 1. The average Bonchev–Trinajstić information content (AvgIpc) is 3.15. The molecule has 1 aliphatic rings. The van der Waals surface area contributed by atoms with Crippen molar-refractivity contribution in [1.29, 1.82) is 0 Å². The summed E-state index contributed by atoms with van der Waals surface area (Å²) in [5.41, 5.74) is 5.81. The number of nitrogens with zero attached hydrogens (tertiary/aromatic N) is 2. The summed E-state index contributed by atoms with van der Waals surface area (Å²) in [5, 5.41) is 0.714. The molecule has 0 atom stereocenters. The molecule has 3 rings (SSSR count). The van der Waals surface area contributed by atoms with Crippen LogP contribution in [-0.4, -0.2) is 49.4 Å². The molecule has 0 bridgehead atoms. The maximum atomic E-state index is 12.0. The number of hydrogen-bond donors (Lipinski definition) is 2. The molecule has 25 heavy (non-hydrogen) atoms. The van der Waals surface area contributed by atoms with E-state index in [1.807, 2.05) is 29.2 Å². The highest BCUT2D eigenvalue weighted by Gasteiger charge is 2.19. The molecule has 8 heteroatoms. The number of furan rings is 1. The lowest BCUT2D eigenvalue weighted by molar-refractivity contribution is -0.123. The highest BCUT2D eigenvalue weighted by Crippen LogP contribution is 2.20. The SMILES string of the molecule is O=C(CN1CCN(c2cccc(Cl)c2)CC1)NNC(=O)c1ccco1. The highest BCUT2D eigenvalue weighted by atomic mass is 35.5. The summed E-state index contributed by atoms with van der Waals surface area (Å²) in [7, 11) is 0. The maximum absolute atomic E-state index is 12.0. The van der Waals surface area contributed by atoms with E-state index in [1.54, 1.807) is 6.07 Å². The van der Waals surface area contributed by atoms with E-state index in [9.17, 15) is 9.59 Å². The van der Waals surface area contributed by atoms with Crippen LogP contribution in [0, 0.1) is 0 Å². The van der Waals surface area contributed by atoms with Gasteiger partial charge in [0.15, 0.2) is 5.76 Å². The Bertz CT molecular complexity index is 727. The first-order chi connectivity index (χ1) is 12.1. The third-order valence-electron chi connectivity index (χ3n) is 3.97. The van der Waals surface area contributed by atoms with Crippen molar-refractivity contribution in [2.75, 3.05) is 37.6 Å². The lowest BCUT2D eigenvalue weighted by Crippen LogP contribution is -2.51. The van der Waals surface area contributed by atoms with Gasteiger partial charge in [-0.3, -0.25) is 25.3 Å². The summed E-state index contributed by atoms with van der Waals surface area (Å²) in [6, 6.07) is 10.9. The lowest BCUT2D eigenvalue weighted by Gasteiger charge is -2.35. The van der Waals surface area contributed by atoms with Crippen molar-refractivity contribution in [2.45, 2.75) is 0 Å². The van der Waals surface area contributed by atoms with E-state index in [-0.39, 0.29) is 18.2 Å². The van der Waals surface area contributed by atoms with Gasteiger partial charge >= 0.3 is 5.91 Å². The van der Waals surface area contributed by atoms with Gasteiger partial charge in [0.05, 0.1) is 12.8 Å². The van der Waals surface area contributed by atoms with Crippen LogP contribution in [0.25, 0.3) is 0 Å². The molecule has 132 valence electrons. The van der Waals surface area contributed by atoms with Crippen molar-refractivity contribution in [3.8, 4) is 0 Å². The van der Waals surface area contributed by atoms with Gasteiger partial charge in [0.2, 0.25) is 0 Å². The third-order valence-corrected chi connectivity index (χ3v) is 4.21. The Labute approximate surface area is 150 Å². The number of hydrazine groups is 1. The fourth-order valence-corrected chi connectivity index (χ4v) is 2.86. The minimum absolute atomic E-state index is 0.149. The number of nitrogens with one attached hydrogen (secondary N) is 2. The first kappa shape index (κ1) is 17.3. The van der Waals surface area contributed by atoms with Crippen LogP contribution in [0.15, 0.2) is 47.1 Å². The number of hydrogen-bond acceptors (Lipinski definition) is 5. The molecule has 0 unspecified atom stereocenters. The quantitative estimate of drug-likeness (QED) is 0.806. The number of anilines is 1. The van der Waals surface area contributed by atoms with Gasteiger partial charge in [0.25, 0.3) is 5.91 Å². The Balaban J connectivity index is 1.41. The molecule has 2 aromatic rings. The summed E-state index contributed by atoms with van der Waals surface area (Å²) in [6.45, 7) is 3.36. The van der Waals surface area contributed by atoms with Crippen molar-refractivity contribution in [1.82, 2.24) is 15.8 Å². The standard InChI is InChI=1S/C17H19ClN4O3/c18-13-3-1-4-14(11-13)22-8-6-21(7-9-22)12-16(23)19-20-17(24)15-5-2-10-25-15/h1-5,10-11H,6-9,12H2,(H,19,23)(H,20,24). The predicted octanol–water partition coefficient (Wildman–Crippen LogP) is 1.52. The molecule has 1 saturated heterocycles. The monoisotopic (exact) mass is 362 g/mol. The number of halogens is 1. The molecular formula is C17H19ClN4O3. The molecule has 0 saturated carbocycles. The fourth-order valence-electron chi connectivity index (χ4n) is 2.68. The van der Waals surface area contributed by atoms with Gasteiger partial charge in [-0.15, -0.1) is 0 Å². The van der Waals surface area contributed by atoms with Crippen molar-refractivity contribution >= 4 is 29.1 Å². The fraction of sp³-hybridized carbons (Fsp3) is 0.294. The van der Waals surface area contributed by atoms with Crippen molar-refractivity contribution in [2.24, 2.45) is 0 Å². The summed E-state index contributed by atoms with van der Waals surface area (Å²) < 4.78 is 4.95. The molecular weight excluding hydrogens is 344 g/mol. The second-order valence-electron chi connectivity index (χ2n) is 5.72. The van der Waals surface area contributed by atoms with Crippen molar-refractivity contribution in [3.63, 3.8) is 0 Å². The van der Waals surface area contributed by atoms with Crippen LogP contribution >= 0.6 is 11.6 Å². The van der Waals surface area contributed by atoms with E-state index in [1.165, 1.54) is 12.3 Å². The van der Waals surface area contributed by atoms with Gasteiger partial charge in [-0.25, -0.2) is 0 Å². The number of piperazine rings is 1. The molecule has 1 aromatic carbocycles. The molecule has 1 aromatic heterocycles. The Morgan fingerprint density at radius 1 is 1.08 bits per heavy atom. The van der Waals surface area contributed by atoms with Crippen LogP contribution in [0.1, 0.15) is 10.6 Å². The molecule has 0 spiro atoms. The van der Waals surface area contributed by atoms with Crippen LogP contribution in [0.2, 0.25) is 5.02 Å². The maximum Gasteiger partial charge on any atom is 0.305 e. The zero-order valence-corrected chi connectivity index (χ0v) is 14.3. The van der Waals surface area contributed by atoms with E-state index in [0.29, 0.717) is 5.02 Å². The molecule has 7 nitrogen and oxygen atoms in total. The van der Waals surface area contributed by atoms with Crippen LogP contribution in [0.5, 0.6) is 0 Å². The second kappa shape index (κ2) is 8.04. The Morgan fingerprint density at radius 3 is 2.56 bits per heavy atom. The average molecular weight is 363 g/mol. The van der Waals surface area contributed by atoms with Crippen molar-refractivity contribution in [3.05, 3.63) is 53.4 Å². The zero-order valence-electron chi connectivity index (χ0n) is 13.6. The Hall–Kier alpha value is -2.51. The topological polar surface area (TPSA) is 77.8 Å². The van der Waals surface area contributed by atoms with E-state index in [4.69, 9.17) is 16.0 Å². The van der Waals surface area contributed by atoms with E-state index in [0.717, 1.165) is 31.9 Å². The van der Waals surface area contributed by atoms with Crippen LogP contribution in [0.4, 0.5) is 5.69 Å². The Kier molecular flexibility index (Phi) is 5.57. The zero-order chi connectivity index (χ0) is 17.6. The van der Waals surface area contributed by atoms with Gasteiger partial charge < -0.3 is 9.32 Å². The summed E-state index contributed by atoms with van der Waals surface area (Å²) in [6.07, 6.45) is 1.40. The van der Waals surface area contributed by atoms with Crippen LogP contribution in [0.3, 0.4) is 0 Å². The third kappa shape index (κ3) is 4.74. The number of carbonyl (C=O) groups is 2. The van der Waals surface area contributed by atoms with Gasteiger partial charge in [0.1, 0.15) is 0 Å². The highest BCUT2D eigenvalue weighted by molar-refractivity contribution is 6.30. The Morgan fingerprint density at radius 2 is 1.88 bits per heavy atom. The molecule has 0 radical (unpaired) electrons. The summed E-state index contributed by atoms with van der Waals surface area (Å²) in [5.74, 6) is -0.601. The number of carbonyl (C=O) groups excluding carboxylic acids is 2. The van der Waals surface area contributed by atoms with E-state index in [2.05, 4.69) is 15.8 Å². The van der Waals surface area contributed by atoms with Gasteiger partial charge in [0, 0.05) is 36.9 Å². The largest absolute Gasteiger partial charge is 0.459 e. The molecule has 1 aliphatic heterocycles. The first-order valence-electron chi connectivity index (χ1n) is 7.97. The van der Waals surface area contributed by atoms with Gasteiger partial charge in [-0.1, -0.05) is 17.7 Å². The van der Waals surface area contributed by atoms with Crippen molar-refractivity contribution < 1.29 is 14.0 Å². The summed E-state index contributed by atoms with van der Waals surface area (Å²) in [4.78, 5) is 27.9. The first-order valence-corrected chi connectivity index (χ1v) is 8.35. The minimum Gasteiger partial charge on any atom is -0.459 e. The molecule has 1 fully saturated rings. The molecule has 2 amide bonds. The van der Waals surface area contributed by atoms with E-state index >= 15 is 0 Å². The van der Waals surface area contributed by atoms with Gasteiger partial charge in [-0.05, 0) is 30.3 Å².